The Morgan fingerprint density at radius 2 is 1.74 bits per heavy atom. The molecule has 2 heterocycles. The van der Waals surface area contributed by atoms with Gasteiger partial charge in [0.1, 0.15) is 5.84 Å². The highest BCUT2D eigenvalue weighted by molar-refractivity contribution is 5.92. The zero-order chi connectivity index (χ0) is 22.1. The third-order valence-corrected chi connectivity index (χ3v) is 6.63. The number of fused-ring (bicyclic) bond motifs is 1. The third-order valence-electron chi connectivity index (χ3n) is 6.63. The normalized spacial score (nSPS) is 19.1. The first-order chi connectivity index (χ1) is 14.8. The monoisotopic (exact) mass is 418 g/mol. The van der Waals surface area contributed by atoms with Crippen LogP contribution in [0.1, 0.15) is 43.9 Å². The predicted molar refractivity (Wildman–Crippen MR) is 128 cm³/mol. The minimum Gasteiger partial charge on any atom is -0.379 e. The van der Waals surface area contributed by atoms with Crippen molar-refractivity contribution in [1.29, 1.82) is 10.8 Å². The van der Waals surface area contributed by atoms with E-state index in [-0.39, 0.29) is 0 Å². The molecule has 1 aliphatic carbocycles. The van der Waals surface area contributed by atoms with Gasteiger partial charge in [0.15, 0.2) is 5.49 Å². The molecule has 0 atom stereocenters. The van der Waals surface area contributed by atoms with Crippen LogP contribution in [0.4, 0.5) is 5.69 Å². The van der Waals surface area contributed by atoms with E-state index in [1.54, 1.807) is 11.5 Å². The van der Waals surface area contributed by atoms with Gasteiger partial charge in [-0.1, -0.05) is 30.3 Å². The summed E-state index contributed by atoms with van der Waals surface area (Å²) in [6.45, 7) is 4.64. The van der Waals surface area contributed by atoms with Crippen molar-refractivity contribution >= 4 is 22.6 Å². The number of nitrogens with one attached hydrogen (secondary N) is 3. The summed E-state index contributed by atoms with van der Waals surface area (Å²) < 4.78 is 4.05. The molecule has 0 unspecified atom stereocenters. The topological polar surface area (TPSA) is 72.8 Å². The van der Waals surface area contributed by atoms with Gasteiger partial charge in [-0.05, 0) is 71.3 Å². The Hall–Kier alpha value is -2.86. The lowest BCUT2D eigenvalue weighted by Gasteiger charge is -2.33. The highest BCUT2D eigenvalue weighted by Crippen LogP contribution is 2.26. The van der Waals surface area contributed by atoms with Gasteiger partial charge in [0.25, 0.3) is 0 Å². The summed E-state index contributed by atoms with van der Waals surface area (Å²) in [5.41, 5.74) is 5.55. The number of nitrogens with zero attached hydrogens (tertiary/aromatic N) is 3. The minimum atomic E-state index is 0.367. The van der Waals surface area contributed by atoms with Crippen molar-refractivity contribution in [3.05, 3.63) is 59.2 Å². The minimum absolute atomic E-state index is 0.367. The molecule has 1 saturated carbocycles. The van der Waals surface area contributed by atoms with Crippen molar-refractivity contribution in [2.75, 3.05) is 19.4 Å². The molecule has 4 rings (SSSR count). The molecule has 3 N–H and O–H groups in total. The molecule has 0 amide bonds. The second-order valence-corrected chi connectivity index (χ2v) is 9.07. The van der Waals surface area contributed by atoms with Gasteiger partial charge >= 0.3 is 0 Å². The van der Waals surface area contributed by atoms with E-state index in [0.29, 0.717) is 23.4 Å². The SMILES string of the molecule is CC(=N)n1c(=N)c(NC2CCC(N(C)C)CC2)cc2c1cc(C)n2Cc1ccccc1. The van der Waals surface area contributed by atoms with Gasteiger partial charge in [-0.3, -0.25) is 15.4 Å². The molecule has 0 bridgehead atoms. The van der Waals surface area contributed by atoms with Gasteiger partial charge < -0.3 is 14.8 Å². The van der Waals surface area contributed by atoms with Crippen molar-refractivity contribution in [3.8, 4) is 0 Å². The van der Waals surface area contributed by atoms with Crippen LogP contribution >= 0.6 is 0 Å². The molecule has 0 radical (unpaired) electrons. The largest absolute Gasteiger partial charge is 0.379 e. The quantitative estimate of drug-likeness (QED) is 0.424. The molecule has 2 aromatic heterocycles. The molecular weight excluding hydrogens is 384 g/mol. The smallest absolute Gasteiger partial charge is 0.154 e. The van der Waals surface area contributed by atoms with Crippen LogP contribution in [-0.4, -0.2) is 46.0 Å². The molecule has 0 saturated heterocycles. The van der Waals surface area contributed by atoms with Crippen LogP contribution in [-0.2, 0) is 6.54 Å². The standard InChI is InChI=1S/C25H34N6/c1-17-14-24-23(30(17)16-19-8-6-5-7-9-19)15-22(25(27)31(24)18(2)26)28-20-10-12-21(13-11-20)29(3)4/h5-9,14-15,20-21,26-28H,10-13,16H2,1-4H3. The Bertz CT molecular complexity index is 1130. The van der Waals surface area contributed by atoms with E-state index in [1.807, 2.05) is 6.07 Å². The molecule has 31 heavy (non-hydrogen) atoms. The number of anilines is 1. The summed E-state index contributed by atoms with van der Waals surface area (Å²) in [6.07, 6.45) is 4.56. The highest BCUT2D eigenvalue weighted by Gasteiger charge is 2.23. The number of aromatic nitrogens is 2. The average Bonchev–Trinajstić information content (AvgIpc) is 3.04. The lowest BCUT2D eigenvalue weighted by molar-refractivity contribution is 0.221. The number of aryl methyl sites for hydroxylation is 1. The lowest BCUT2D eigenvalue weighted by atomic mass is 9.90. The van der Waals surface area contributed by atoms with Crippen LogP contribution in [0.2, 0.25) is 0 Å². The van der Waals surface area contributed by atoms with Crippen molar-refractivity contribution in [1.82, 2.24) is 14.0 Å². The first kappa shape index (κ1) is 21.4. The summed E-state index contributed by atoms with van der Waals surface area (Å²) in [5.74, 6) is 0.367. The van der Waals surface area contributed by atoms with Gasteiger partial charge in [-0.25, -0.2) is 0 Å². The van der Waals surface area contributed by atoms with Crippen molar-refractivity contribution < 1.29 is 0 Å². The second kappa shape index (κ2) is 8.71. The fourth-order valence-electron chi connectivity index (χ4n) is 4.85. The van der Waals surface area contributed by atoms with E-state index in [2.05, 4.69) is 72.2 Å². The van der Waals surface area contributed by atoms with Crippen LogP contribution in [0.25, 0.3) is 11.0 Å². The molecule has 3 aromatic rings. The number of hydrogen-bond donors (Lipinski definition) is 3. The van der Waals surface area contributed by atoms with Crippen LogP contribution in [0.3, 0.4) is 0 Å². The fourth-order valence-corrected chi connectivity index (χ4v) is 4.85. The van der Waals surface area contributed by atoms with Gasteiger partial charge in [0, 0.05) is 24.3 Å². The summed E-state index contributed by atoms with van der Waals surface area (Å²) in [4.78, 5) is 2.32. The highest BCUT2D eigenvalue weighted by atomic mass is 15.1. The molecule has 1 aliphatic rings. The van der Waals surface area contributed by atoms with E-state index in [1.165, 1.54) is 18.4 Å². The maximum Gasteiger partial charge on any atom is 0.154 e. The molecule has 1 fully saturated rings. The number of rotatable bonds is 5. The van der Waals surface area contributed by atoms with Crippen molar-refractivity contribution in [2.45, 2.75) is 58.2 Å². The lowest BCUT2D eigenvalue weighted by Crippen LogP contribution is -2.37. The molecule has 6 heteroatoms. The van der Waals surface area contributed by atoms with E-state index in [0.717, 1.165) is 41.8 Å². The summed E-state index contributed by atoms with van der Waals surface area (Å²) in [7, 11) is 4.32. The molecule has 6 nitrogen and oxygen atoms in total. The van der Waals surface area contributed by atoms with E-state index >= 15 is 0 Å². The van der Waals surface area contributed by atoms with Crippen LogP contribution in [0.5, 0.6) is 0 Å². The predicted octanol–water partition coefficient (Wildman–Crippen LogP) is 4.41. The van der Waals surface area contributed by atoms with Gasteiger partial charge in [-0.15, -0.1) is 0 Å². The van der Waals surface area contributed by atoms with Crippen molar-refractivity contribution in [2.24, 2.45) is 0 Å². The number of benzene rings is 1. The van der Waals surface area contributed by atoms with E-state index in [9.17, 15) is 0 Å². The van der Waals surface area contributed by atoms with Crippen LogP contribution in [0.15, 0.2) is 42.5 Å². The fraction of sp³-hybridized carbons (Fsp3) is 0.440. The Morgan fingerprint density at radius 3 is 2.35 bits per heavy atom. The Balaban J connectivity index is 1.72. The molecule has 1 aromatic carbocycles. The Morgan fingerprint density at radius 1 is 1.06 bits per heavy atom. The first-order valence-electron chi connectivity index (χ1n) is 11.2. The zero-order valence-corrected chi connectivity index (χ0v) is 19.1. The van der Waals surface area contributed by atoms with Crippen LogP contribution < -0.4 is 10.8 Å². The first-order valence-corrected chi connectivity index (χ1v) is 11.2. The zero-order valence-electron chi connectivity index (χ0n) is 19.1. The second-order valence-electron chi connectivity index (χ2n) is 9.07. The van der Waals surface area contributed by atoms with E-state index in [4.69, 9.17) is 10.8 Å². The molecule has 164 valence electrons. The molecule has 0 spiro atoms. The number of pyridine rings is 1. The number of hydrogen-bond acceptors (Lipinski definition) is 4. The molecule has 0 aliphatic heterocycles. The van der Waals surface area contributed by atoms with Gasteiger partial charge in [0.2, 0.25) is 0 Å². The van der Waals surface area contributed by atoms with Crippen LogP contribution in [0, 0.1) is 17.7 Å². The Kier molecular flexibility index (Phi) is 6.01. The summed E-state index contributed by atoms with van der Waals surface area (Å²) in [5, 5.41) is 20.8. The summed E-state index contributed by atoms with van der Waals surface area (Å²) >= 11 is 0. The van der Waals surface area contributed by atoms with Crippen molar-refractivity contribution in [3.63, 3.8) is 0 Å². The maximum absolute atomic E-state index is 8.83. The summed E-state index contributed by atoms with van der Waals surface area (Å²) in [6, 6.07) is 15.7. The third kappa shape index (κ3) is 4.30. The maximum atomic E-state index is 8.83. The van der Waals surface area contributed by atoms with Gasteiger partial charge in [0.05, 0.1) is 16.7 Å². The van der Waals surface area contributed by atoms with Gasteiger partial charge in [-0.2, -0.15) is 0 Å². The van der Waals surface area contributed by atoms with E-state index < -0.39 is 0 Å². The molecular formula is C25H34N6. The Labute approximate surface area is 184 Å². The average molecular weight is 419 g/mol.